The number of nitrogens with zero attached hydrogens (tertiary/aromatic N) is 1. The number of carbonyl (C=O) groups excluding carboxylic acids is 4. The molecule has 3 aromatic rings. The van der Waals surface area contributed by atoms with E-state index in [9.17, 15) is 28.4 Å². The fraction of sp³-hybridized carbons (Fsp3) is 0.345. The topological polar surface area (TPSA) is 129 Å². The van der Waals surface area contributed by atoms with Gasteiger partial charge in [0.2, 0.25) is 12.7 Å². The Morgan fingerprint density at radius 1 is 1.12 bits per heavy atom. The first-order valence-electron chi connectivity index (χ1n) is 12.8. The third-order valence-corrected chi connectivity index (χ3v) is 6.84. The fourth-order valence-corrected chi connectivity index (χ4v) is 4.90. The van der Waals surface area contributed by atoms with Gasteiger partial charge in [0.05, 0.1) is 17.0 Å². The van der Waals surface area contributed by atoms with E-state index in [2.05, 4.69) is 0 Å². The van der Waals surface area contributed by atoms with E-state index in [4.69, 9.17) is 30.2 Å². The Morgan fingerprint density at radius 2 is 1.90 bits per heavy atom. The highest BCUT2D eigenvalue weighted by molar-refractivity contribution is 6.33. The summed E-state index contributed by atoms with van der Waals surface area (Å²) >= 11 is 6.21. The number of ether oxygens (including phenoxy) is 3. The number of benzene rings is 2. The van der Waals surface area contributed by atoms with E-state index in [0.717, 1.165) is 6.07 Å². The van der Waals surface area contributed by atoms with Crippen molar-refractivity contribution >= 4 is 46.9 Å². The number of likely N-dealkylation sites (tertiary alicyclic amines) is 1. The van der Waals surface area contributed by atoms with Gasteiger partial charge < -0.3 is 28.3 Å². The number of rotatable bonds is 8. The number of fused-ring (bicyclic) bond motifs is 1. The summed E-state index contributed by atoms with van der Waals surface area (Å²) in [5.41, 5.74) is 0.513. The van der Waals surface area contributed by atoms with Crippen molar-refractivity contribution in [3.8, 4) is 11.1 Å². The first-order valence-corrected chi connectivity index (χ1v) is 13.2. The minimum absolute atomic E-state index is 0.00826. The standard InChI is InChI=1S/C29H27ClFNO9/c1-16(2)40-29(37)39-15-38-28(36)18-4-3-9-32(13-18)27(35)23(14-33)17-5-7-21-22(12-26(34)41-25(21)10-17)20-8-6-19(31)11-24(20)30/h5-8,10-12,14,16,18,23H,3-4,9,13,15H2,1-2H3/t18-,23-/m0/s1. The van der Waals surface area contributed by atoms with Gasteiger partial charge in [-0.2, -0.15) is 0 Å². The van der Waals surface area contributed by atoms with Crippen molar-refractivity contribution in [2.45, 2.75) is 38.7 Å². The average Bonchev–Trinajstić information content (AvgIpc) is 2.92. The van der Waals surface area contributed by atoms with E-state index in [1.807, 2.05) is 0 Å². The molecule has 1 fully saturated rings. The quantitative estimate of drug-likeness (QED) is 0.119. The van der Waals surface area contributed by atoms with Crippen LogP contribution in [0.1, 0.15) is 38.2 Å². The van der Waals surface area contributed by atoms with Gasteiger partial charge in [0.25, 0.3) is 0 Å². The smallest absolute Gasteiger partial charge is 0.431 e. The van der Waals surface area contributed by atoms with Gasteiger partial charge in [-0.05, 0) is 56.5 Å². The van der Waals surface area contributed by atoms with Crippen molar-refractivity contribution in [1.29, 1.82) is 0 Å². The van der Waals surface area contributed by atoms with Crippen LogP contribution in [0.4, 0.5) is 9.18 Å². The summed E-state index contributed by atoms with van der Waals surface area (Å²) in [6, 6.07) is 9.59. The SMILES string of the molecule is CC(C)OC(=O)OCOC(=O)[C@H]1CCCN(C(=O)[C@@H](C=O)c2ccc3c(-c4ccc(F)cc4Cl)cc(=O)oc3c2)C1. The van der Waals surface area contributed by atoms with E-state index in [1.54, 1.807) is 26.0 Å². The molecule has 1 aliphatic rings. The molecule has 1 aromatic heterocycles. The molecule has 0 unspecified atom stereocenters. The highest BCUT2D eigenvalue weighted by atomic mass is 35.5. The second kappa shape index (κ2) is 12.9. The molecule has 0 bridgehead atoms. The van der Waals surface area contributed by atoms with Crippen molar-refractivity contribution < 1.29 is 42.2 Å². The molecule has 2 atom stereocenters. The maximum atomic E-state index is 13.6. The van der Waals surface area contributed by atoms with Gasteiger partial charge in [-0.1, -0.05) is 23.7 Å². The Morgan fingerprint density at radius 3 is 2.61 bits per heavy atom. The number of carbonyl (C=O) groups is 4. The van der Waals surface area contributed by atoms with Crippen LogP contribution >= 0.6 is 11.6 Å². The summed E-state index contributed by atoms with van der Waals surface area (Å²) in [6.45, 7) is 2.98. The second-order valence-corrected chi connectivity index (χ2v) is 10.1. The van der Waals surface area contributed by atoms with Gasteiger partial charge in [-0.25, -0.2) is 14.0 Å². The molecular weight excluding hydrogens is 561 g/mol. The van der Waals surface area contributed by atoms with Crippen molar-refractivity contribution in [2.75, 3.05) is 19.9 Å². The number of hydrogen-bond donors (Lipinski definition) is 0. The van der Waals surface area contributed by atoms with Crippen LogP contribution in [0.15, 0.2) is 51.7 Å². The highest BCUT2D eigenvalue weighted by Gasteiger charge is 2.33. The van der Waals surface area contributed by atoms with Crippen LogP contribution in [-0.2, 0) is 28.6 Å². The van der Waals surface area contributed by atoms with E-state index in [1.165, 1.54) is 29.2 Å². The molecule has 2 aromatic carbocycles. The first kappa shape index (κ1) is 29.7. The lowest BCUT2D eigenvalue weighted by atomic mass is 9.93. The maximum Gasteiger partial charge on any atom is 0.511 e. The molecule has 0 saturated carbocycles. The molecule has 1 amide bonds. The zero-order valence-corrected chi connectivity index (χ0v) is 23.0. The van der Waals surface area contributed by atoms with Crippen molar-refractivity contribution in [3.05, 3.63) is 69.3 Å². The fourth-order valence-electron chi connectivity index (χ4n) is 4.63. The number of piperidine rings is 1. The molecule has 0 radical (unpaired) electrons. The molecule has 1 aliphatic heterocycles. The third kappa shape index (κ3) is 7.10. The van der Waals surface area contributed by atoms with Gasteiger partial charge in [-0.15, -0.1) is 0 Å². The van der Waals surface area contributed by atoms with Crippen LogP contribution in [0.5, 0.6) is 0 Å². The van der Waals surface area contributed by atoms with Gasteiger partial charge in [-0.3, -0.25) is 9.59 Å². The van der Waals surface area contributed by atoms with Crippen molar-refractivity contribution in [3.63, 3.8) is 0 Å². The molecule has 0 spiro atoms. The van der Waals surface area contributed by atoms with E-state index < -0.39 is 54.2 Å². The first-order chi connectivity index (χ1) is 19.6. The molecule has 2 heterocycles. The summed E-state index contributed by atoms with van der Waals surface area (Å²) in [5, 5.41) is 0.571. The van der Waals surface area contributed by atoms with Crippen molar-refractivity contribution in [1.82, 2.24) is 4.90 Å². The monoisotopic (exact) mass is 587 g/mol. The number of halogens is 2. The van der Waals surface area contributed by atoms with Crippen LogP contribution in [0, 0.1) is 11.7 Å². The minimum Gasteiger partial charge on any atom is -0.431 e. The molecular formula is C29H27ClFNO9. The zero-order valence-electron chi connectivity index (χ0n) is 22.3. The lowest BCUT2D eigenvalue weighted by Gasteiger charge is -2.33. The van der Waals surface area contributed by atoms with Crippen molar-refractivity contribution in [2.24, 2.45) is 5.92 Å². The molecule has 0 N–H and O–H groups in total. The summed E-state index contributed by atoms with van der Waals surface area (Å²) in [5.74, 6) is -3.63. The van der Waals surface area contributed by atoms with Crippen LogP contribution in [-0.4, -0.2) is 55.2 Å². The van der Waals surface area contributed by atoms with Crippen LogP contribution in [0.2, 0.25) is 5.02 Å². The predicted molar refractivity (Wildman–Crippen MR) is 145 cm³/mol. The Labute approximate surface area is 238 Å². The summed E-state index contributed by atoms with van der Waals surface area (Å²) in [7, 11) is 0. The Bertz CT molecular complexity index is 1540. The Balaban J connectivity index is 1.50. The third-order valence-electron chi connectivity index (χ3n) is 6.53. The molecule has 41 heavy (non-hydrogen) atoms. The van der Waals surface area contributed by atoms with Gasteiger partial charge in [0.1, 0.15) is 23.6 Å². The average molecular weight is 588 g/mol. The van der Waals surface area contributed by atoms with E-state index >= 15 is 0 Å². The number of esters is 1. The summed E-state index contributed by atoms with van der Waals surface area (Å²) in [4.78, 5) is 63.2. The lowest BCUT2D eigenvalue weighted by Crippen LogP contribution is -2.45. The summed E-state index contributed by atoms with van der Waals surface area (Å²) in [6.07, 6.45) is 0.0536. The molecule has 216 valence electrons. The Hall–Kier alpha value is -4.25. The molecule has 0 aliphatic carbocycles. The van der Waals surface area contributed by atoms with Gasteiger partial charge in [0, 0.05) is 35.7 Å². The number of aldehydes is 1. The van der Waals surface area contributed by atoms with Crippen LogP contribution < -0.4 is 5.63 Å². The summed E-state index contributed by atoms with van der Waals surface area (Å²) < 4.78 is 33.4. The second-order valence-electron chi connectivity index (χ2n) is 9.74. The largest absolute Gasteiger partial charge is 0.511 e. The van der Waals surface area contributed by atoms with Gasteiger partial charge >= 0.3 is 17.8 Å². The number of hydrogen-bond acceptors (Lipinski definition) is 9. The zero-order chi connectivity index (χ0) is 29.7. The molecule has 1 saturated heterocycles. The predicted octanol–water partition coefficient (Wildman–Crippen LogP) is 4.84. The Kier molecular flexibility index (Phi) is 9.38. The van der Waals surface area contributed by atoms with Crippen LogP contribution in [0.25, 0.3) is 22.1 Å². The highest BCUT2D eigenvalue weighted by Crippen LogP contribution is 2.34. The lowest BCUT2D eigenvalue weighted by molar-refractivity contribution is -0.161. The minimum atomic E-state index is -1.23. The van der Waals surface area contributed by atoms with E-state index in [-0.39, 0.29) is 22.7 Å². The number of amides is 1. The van der Waals surface area contributed by atoms with Crippen LogP contribution in [0.3, 0.4) is 0 Å². The molecule has 4 rings (SSSR count). The van der Waals surface area contributed by atoms with E-state index in [0.29, 0.717) is 42.2 Å². The van der Waals surface area contributed by atoms with Gasteiger partial charge in [0.15, 0.2) is 0 Å². The molecule has 12 heteroatoms. The molecule has 10 nitrogen and oxygen atoms in total. The maximum absolute atomic E-state index is 13.6. The normalized spacial score (nSPS) is 15.8.